The Morgan fingerprint density at radius 3 is 2.43 bits per heavy atom. The molecule has 0 aliphatic carbocycles. The van der Waals surface area contributed by atoms with Crippen LogP contribution in [0, 0.1) is 11.3 Å². The number of nitrogens with one attached hydrogen (secondary N) is 1. The standard InChI is InChI=1S/C19H28N2O2/c1-5-14-7-6-8-16(13-14)20-17(22)15-9-11-21(12-10-15)18(23)19(2,3)4/h6-8,13,15H,5,9-12H2,1-4H3,(H,20,22). The number of carbonyl (C=O) groups is 2. The van der Waals surface area contributed by atoms with E-state index in [1.54, 1.807) is 0 Å². The summed E-state index contributed by atoms with van der Waals surface area (Å²) >= 11 is 0. The molecule has 1 heterocycles. The van der Waals surface area contributed by atoms with Gasteiger partial charge in [-0.25, -0.2) is 0 Å². The normalized spacial score (nSPS) is 16.3. The maximum Gasteiger partial charge on any atom is 0.227 e. The predicted octanol–water partition coefficient (Wildman–Crippen LogP) is 3.47. The molecule has 2 rings (SSSR count). The lowest BCUT2D eigenvalue weighted by Gasteiger charge is -2.35. The lowest BCUT2D eigenvalue weighted by molar-refractivity contribution is -0.142. The first-order valence-corrected chi connectivity index (χ1v) is 8.50. The molecule has 0 unspecified atom stereocenters. The maximum absolute atomic E-state index is 12.4. The Labute approximate surface area is 139 Å². The third-order valence-corrected chi connectivity index (χ3v) is 4.40. The first-order chi connectivity index (χ1) is 10.8. The van der Waals surface area contributed by atoms with Gasteiger partial charge in [-0.15, -0.1) is 0 Å². The van der Waals surface area contributed by atoms with Crippen molar-refractivity contribution in [1.82, 2.24) is 4.90 Å². The smallest absolute Gasteiger partial charge is 0.227 e. The molecule has 0 bridgehead atoms. The van der Waals surface area contributed by atoms with Crippen molar-refractivity contribution in [2.24, 2.45) is 11.3 Å². The van der Waals surface area contributed by atoms with Gasteiger partial charge in [0.2, 0.25) is 11.8 Å². The molecular weight excluding hydrogens is 288 g/mol. The summed E-state index contributed by atoms with van der Waals surface area (Å²) in [7, 11) is 0. The van der Waals surface area contributed by atoms with Gasteiger partial charge in [-0.1, -0.05) is 39.8 Å². The summed E-state index contributed by atoms with van der Waals surface area (Å²) in [5.74, 6) is 0.234. The minimum atomic E-state index is -0.352. The van der Waals surface area contributed by atoms with Crippen molar-refractivity contribution in [3.05, 3.63) is 29.8 Å². The summed E-state index contributed by atoms with van der Waals surface area (Å²) in [5, 5.41) is 3.02. The van der Waals surface area contributed by atoms with Gasteiger partial charge in [0.1, 0.15) is 0 Å². The van der Waals surface area contributed by atoms with Crippen molar-refractivity contribution in [1.29, 1.82) is 0 Å². The van der Waals surface area contributed by atoms with Crippen molar-refractivity contribution in [3.8, 4) is 0 Å². The molecule has 126 valence electrons. The van der Waals surface area contributed by atoms with Gasteiger partial charge >= 0.3 is 0 Å². The average molecular weight is 316 g/mol. The van der Waals surface area contributed by atoms with E-state index in [0.29, 0.717) is 13.1 Å². The van der Waals surface area contributed by atoms with Crippen molar-refractivity contribution >= 4 is 17.5 Å². The quantitative estimate of drug-likeness (QED) is 0.928. The van der Waals surface area contributed by atoms with E-state index < -0.39 is 0 Å². The Hall–Kier alpha value is -1.84. The lowest BCUT2D eigenvalue weighted by Crippen LogP contribution is -2.45. The van der Waals surface area contributed by atoms with Crippen molar-refractivity contribution in [2.45, 2.75) is 47.0 Å². The number of amides is 2. The first kappa shape index (κ1) is 17.5. The highest BCUT2D eigenvalue weighted by atomic mass is 16.2. The van der Waals surface area contributed by atoms with Gasteiger partial charge in [0, 0.05) is 30.1 Å². The molecule has 0 spiro atoms. The molecule has 1 fully saturated rings. The highest BCUT2D eigenvalue weighted by Gasteiger charge is 2.32. The lowest BCUT2D eigenvalue weighted by atomic mass is 9.90. The Morgan fingerprint density at radius 1 is 1.22 bits per heavy atom. The van der Waals surface area contributed by atoms with Crippen LogP contribution in [-0.4, -0.2) is 29.8 Å². The van der Waals surface area contributed by atoms with Crippen LogP contribution in [0.2, 0.25) is 0 Å². The first-order valence-electron chi connectivity index (χ1n) is 8.50. The summed E-state index contributed by atoms with van der Waals surface area (Å²) in [5.41, 5.74) is 1.73. The molecular formula is C19H28N2O2. The van der Waals surface area contributed by atoms with E-state index in [2.05, 4.69) is 18.3 Å². The number of piperidine rings is 1. The number of benzene rings is 1. The number of aryl methyl sites for hydroxylation is 1. The van der Waals surface area contributed by atoms with Gasteiger partial charge in [0.25, 0.3) is 0 Å². The van der Waals surface area contributed by atoms with Crippen LogP contribution in [0.25, 0.3) is 0 Å². The van der Waals surface area contributed by atoms with E-state index in [0.717, 1.165) is 24.9 Å². The second kappa shape index (κ2) is 7.16. The van der Waals surface area contributed by atoms with Crippen molar-refractivity contribution < 1.29 is 9.59 Å². The van der Waals surface area contributed by atoms with Crippen LogP contribution in [0.5, 0.6) is 0 Å². The minimum Gasteiger partial charge on any atom is -0.342 e. The van der Waals surface area contributed by atoms with Gasteiger partial charge in [0.15, 0.2) is 0 Å². The van der Waals surface area contributed by atoms with E-state index in [9.17, 15) is 9.59 Å². The Balaban J connectivity index is 1.89. The van der Waals surface area contributed by atoms with Crippen molar-refractivity contribution in [2.75, 3.05) is 18.4 Å². The Kier molecular flexibility index (Phi) is 5.45. The van der Waals surface area contributed by atoms with Gasteiger partial charge in [0.05, 0.1) is 0 Å². The molecule has 4 nitrogen and oxygen atoms in total. The second-order valence-electron chi connectivity index (χ2n) is 7.36. The number of hydrogen-bond donors (Lipinski definition) is 1. The molecule has 0 radical (unpaired) electrons. The van der Waals surface area contributed by atoms with Crippen LogP contribution in [0.3, 0.4) is 0 Å². The van der Waals surface area contributed by atoms with Gasteiger partial charge in [-0.3, -0.25) is 9.59 Å². The summed E-state index contributed by atoms with van der Waals surface area (Å²) in [6, 6.07) is 7.98. The highest BCUT2D eigenvalue weighted by molar-refractivity contribution is 5.93. The highest BCUT2D eigenvalue weighted by Crippen LogP contribution is 2.24. The molecule has 1 saturated heterocycles. The van der Waals surface area contributed by atoms with Crippen molar-refractivity contribution in [3.63, 3.8) is 0 Å². The average Bonchev–Trinajstić information content (AvgIpc) is 2.53. The zero-order chi connectivity index (χ0) is 17.0. The summed E-state index contributed by atoms with van der Waals surface area (Å²) in [4.78, 5) is 26.6. The van der Waals surface area contributed by atoms with Crippen LogP contribution in [0.1, 0.15) is 46.1 Å². The molecule has 1 N–H and O–H groups in total. The van der Waals surface area contributed by atoms with Crippen LogP contribution in [-0.2, 0) is 16.0 Å². The molecule has 1 aromatic carbocycles. The minimum absolute atomic E-state index is 0.00991. The summed E-state index contributed by atoms with van der Waals surface area (Å²) in [6.07, 6.45) is 2.43. The fourth-order valence-corrected chi connectivity index (χ4v) is 2.93. The van der Waals surface area contributed by atoms with Crippen LogP contribution < -0.4 is 5.32 Å². The van der Waals surface area contributed by atoms with E-state index in [4.69, 9.17) is 0 Å². The molecule has 2 amide bonds. The summed E-state index contributed by atoms with van der Waals surface area (Å²) in [6.45, 7) is 9.26. The molecule has 0 saturated carbocycles. The molecule has 0 aromatic heterocycles. The Morgan fingerprint density at radius 2 is 1.87 bits per heavy atom. The zero-order valence-corrected chi connectivity index (χ0v) is 14.7. The number of carbonyl (C=O) groups excluding carboxylic acids is 2. The number of hydrogen-bond acceptors (Lipinski definition) is 2. The fraction of sp³-hybridized carbons (Fsp3) is 0.579. The van der Waals surface area contributed by atoms with Crippen LogP contribution in [0.4, 0.5) is 5.69 Å². The molecule has 0 atom stereocenters. The zero-order valence-electron chi connectivity index (χ0n) is 14.7. The molecule has 4 heteroatoms. The predicted molar refractivity (Wildman–Crippen MR) is 93.2 cm³/mol. The molecule has 1 aliphatic rings. The Bertz CT molecular complexity index is 567. The largest absolute Gasteiger partial charge is 0.342 e. The molecule has 23 heavy (non-hydrogen) atoms. The van der Waals surface area contributed by atoms with Gasteiger partial charge in [-0.2, -0.15) is 0 Å². The number of rotatable bonds is 3. The molecule has 1 aromatic rings. The van der Waals surface area contributed by atoms with Crippen LogP contribution >= 0.6 is 0 Å². The third-order valence-electron chi connectivity index (χ3n) is 4.40. The maximum atomic E-state index is 12.4. The second-order valence-corrected chi connectivity index (χ2v) is 7.36. The number of nitrogens with zero attached hydrogens (tertiary/aromatic N) is 1. The SMILES string of the molecule is CCc1cccc(NC(=O)C2CCN(C(=O)C(C)(C)C)CC2)c1. The summed E-state index contributed by atoms with van der Waals surface area (Å²) < 4.78 is 0. The fourth-order valence-electron chi connectivity index (χ4n) is 2.93. The topological polar surface area (TPSA) is 49.4 Å². The van der Waals surface area contributed by atoms with Gasteiger partial charge < -0.3 is 10.2 Å². The monoisotopic (exact) mass is 316 g/mol. The van der Waals surface area contributed by atoms with E-state index >= 15 is 0 Å². The van der Waals surface area contributed by atoms with E-state index in [1.807, 2.05) is 43.9 Å². The number of likely N-dealkylation sites (tertiary alicyclic amines) is 1. The third kappa shape index (κ3) is 4.57. The molecule has 1 aliphatic heterocycles. The van der Waals surface area contributed by atoms with Gasteiger partial charge in [-0.05, 0) is 37.0 Å². The van der Waals surface area contributed by atoms with E-state index in [1.165, 1.54) is 5.56 Å². The van der Waals surface area contributed by atoms with Crippen LogP contribution in [0.15, 0.2) is 24.3 Å². The van der Waals surface area contributed by atoms with E-state index in [-0.39, 0.29) is 23.1 Å². The number of anilines is 1.